The second kappa shape index (κ2) is 7.12. The number of ether oxygens (including phenoxy) is 3. The van der Waals surface area contributed by atoms with Gasteiger partial charge in [0.2, 0.25) is 5.91 Å². The first-order valence-corrected chi connectivity index (χ1v) is 9.13. The van der Waals surface area contributed by atoms with Gasteiger partial charge >= 0.3 is 0 Å². The number of carbonyl (C=O) groups is 1. The number of benzene rings is 2. The van der Waals surface area contributed by atoms with Gasteiger partial charge in [-0.2, -0.15) is 0 Å². The number of methoxy groups -OCH3 is 3. The molecule has 0 saturated carbocycles. The molecule has 0 unspecified atom stereocenters. The molecule has 0 aromatic heterocycles. The summed E-state index contributed by atoms with van der Waals surface area (Å²) in [4.78, 5) is 17.4. The first kappa shape index (κ1) is 17.7. The highest BCUT2D eigenvalue weighted by molar-refractivity contribution is 6.00. The van der Waals surface area contributed by atoms with Crippen LogP contribution in [0.5, 0.6) is 17.2 Å². The third kappa shape index (κ3) is 2.80. The summed E-state index contributed by atoms with van der Waals surface area (Å²) < 4.78 is 16.4. The van der Waals surface area contributed by atoms with Crippen molar-refractivity contribution in [3.05, 3.63) is 48.0 Å². The Balaban J connectivity index is 1.83. The fraction of sp³-hybridized carbons (Fsp3) is 0.381. The maximum absolute atomic E-state index is 13.3. The monoisotopic (exact) mass is 368 g/mol. The Kier molecular flexibility index (Phi) is 4.66. The van der Waals surface area contributed by atoms with Gasteiger partial charge < -0.3 is 14.2 Å². The molecule has 2 aliphatic rings. The minimum absolute atomic E-state index is 0.0898. The van der Waals surface area contributed by atoms with Gasteiger partial charge in [-0.1, -0.05) is 12.1 Å². The third-order valence-corrected chi connectivity index (χ3v) is 5.44. The Bertz CT molecular complexity index is 837. The normalized spacial score (nSPS) is 22.0. The number of fused-ring (bicyclic) bond motifs is 1. The second-order valence-corrected chi connectivity index (χ2v) is 6.76. The molecule has 0 N–H and O–H groups in total. The quantitative estimate of drug-likeness (QED) is 0.811. The average Bonchev–Trinajstić information content (AvgIpc) is 3.29. The molecule has 2 heterocycles. The lowest BCUT2D eigenvalue weighted by atomic mass is 10.1. The molecule has 6 nitrogen and oxygen atoms in total. The molecule has 2 aromatic rings. The lowest BCUT2D eigenvalue weighted by Gasteiger charge is -2.31. The average molecular weight is 368 g/mol. The number of anilines is 1. The number of hydrogen-bond acceptors (Lipinski definition) is 5. The van der Waals surface area contributed by atoms with Crippen molar-refractivity contribution in [2.24, 2.45) is 0 Å². The largest absolute Gasteiger partial charge is 0.497 e. The number of nitrogens with zero attached hydrogens (tertiary/aromatic N) is 2. The molecule has 0 radical (unpaired) electrons. The molecule has 142 valence electrons. The van der Waals surface area contributed by atoms with Crippen LogP contribution >= 0.6 is 0 Å². The zero-order chi connectivity index (χ0) is 19.0. The van der Waals surface area contributed by atoms with E-state index < -0.39 is 0 Å². The van der Waals surface area contributed by atoms with Crippen LogP contribution in [0.4, 0.5) is 5.69 Å². The lowest BCUT2D eigenvalue weighted by molar-refractivity contribution is -0.119. The van der Waals surface area contributed by atoms with Gasteiger partial charge in [-0.05, 0) is 43.2 Å². The highest BCUT2D eigenvalue weighted by atomic mass is 16.5. The van der Waals surface area contributed by atoms with Crippen molar-refractivity contribution in [2.75, 3.05) is 32.8 Å². The molecule has 6 heteroatoms. The molecule has 27 heavy (non-hydrogen) atoms. The summed E-state index contributed by atoms with van der Waals surface area (Å²) in [5, 5.41) is 0. The molecule has 4 rings (SSSR count). The summed E-state index contributed by atoms with van der Waals surface area (Å²) in [6.45, 7) is 0.883. The fourth-order valence-electron chi connectivity index (χ4n) is 4.22. The van der Waals surface area contributed by atoms with Crippen LogP contribution in [0.1, 0.15) is 24.6 Å². The molecule has 2 aliphatic heterocycles. The lowest BCUT2D eigenvalue weighted by Crippen LogP contribution is -2.32. The molecule has 2 atom stereocenters. The Hall–Kier alpha value is -2.73. The predicted molar refractivity (Wildman–Crippen MR) is 102 cm³/mol. The van der Waals surface area contributed by atoms with Crippen LogP contribution in [-0.4, -0.2) is 44.7 Å². The molecular weight excluding hydrogens is 344 g/mol. The van der Waals surface area contributed by atoms with E-state index in [-0.39, 0.29) is 18.1 Å². The van der Waals surface area contributed by atoms with Crippen LogP contribution in [0.2, 0.25) is 0 Å². The van der Waals surface area contributed by atoms with Crippen molar-refractivity contribution < 1.29 is 19.0 Å². The van der Waals surface area contributed by atoms with Gasteiger partial charge in [0, 0.05) is 17.8 Å². The molecule has 1 amide bonds. The van der Waals surface area contributed by atoms with E-state index in [9.17, 15) is 4.79 Å². The number of rotatable bonds is 5. The molecule has 0 aliphatic carbocycles. The summed E-state index contributed by atoms with van der Waals surface area (Å²) in [5.41, 5.74) is 1.79. The van der Waals surface area contributed by atoms with E-state index in [1.807, 2.05) is 47.4 Å². The Morgan fingerprint density at radius 1 is 0.963 bits per heavy atom. The van der Waals surface area contributed by atoms with E-state index in [0.717, 1.165) is 36.4 Å². The molecular formula is C21H24N2O4. The Morgan fingerprint density at radius 3 is 2.41 bits per heavy atom. The van der Waals surface area contributed by atoms with E-state index in [0.29, 0.717) is 11.5 Å². The van der Waals surface area contributed by atoms with Crippen LogP contribution in [-0.2, 0) is 4.79 Å². The standard InChI is InChI=1S/C21H24N2O4/c1-25-15-11-9-14(10-12-15)23-20(22-13-5-7-17(22)21(23)24)16-6-4-8-18(26-2)19(16)27-3/h4,6,8-12,17,20H,5,7,13H2,1-3H3/t17-,20+/m0/s1. The van der Waals surface area contributed by atoms with Crippen molar-refractivity contribution in [2.45, 2.75) is 25.0 Å². The van der Waals surface area contributed by atoms with Gasteiger partial charge in [-0.25, -0.2) is 0 Å². The van der Waals surface area contributed by atoms with Crippen molar-refractivity contribution >= 4 is 11.6 Å². The fourth-order valence-corrected chi connectivity index (χ4v) is 4.22. The van der Waals surface area contributed by atoms with Crippen LogP contribution in [0.25, 0.3) is 0 Å². The van der Waals surface area contributed by atoms with Gasteiger partial charge in [0.05, 0.1) is 27.4 Å². The third-order valence-electron chi connectivity index (χ3n) is 5.44. The molecule has 2 aromatic carbocycles. The van der Waals surface area contributed by atoms with Crippen molar-refractivity contribution in [3.63, 3.8) is 0 Å². The van der Waals surface area contributed by atoms with Crippen LogP contribution in [0.15, 0.2) is 42.5 Å². The SMILES string of the molecule is COc1ccc(N2C(=O)[C@@H]3CCCN3[C@H]2c2cccc(OC)c2OC)cc1. The van der Waals surface area contributed by atoms with Gasteiger partial charge in [-0.15, -0.1) is 0 Å². The van der Waals surface area contributed by atoms with Crippen molar-refractivity contribution in [3.8, 4) is 17.2 Å². The molecule has 2 fully saturated rings. The Morgan fingerprint density at radius 2 is 1.74 bits per heavy atom. The summed E-state index contributed by atoms with van der Waals surface area (Å²) in [6, 6.07) is 13.4. The minimum atomic E-state index is -0.219. The number of amides is 1. The van der Waals surface area contributed by atoms with Gasteiger partial charge in [0.25, 0.3) is 0 Å². The van der Waals surface area contributed by atoms with Crippen LogP contribution in [0, 0.1) is 0 Å². The summed E-state index contributed by atoms with van der Waals surface area (Å²) in [6.07, 6.45) is 1.69. The van der Waals surface area contributed by atoms with Crippen molar-refractivity contribution in [1.82, 2.24) is 4.90 Å². The van der Waals surface area contributed by atoms with E-state index in [4.69, 9.17) is 14.2 Å². The van der Waals surface area contributed by atoms with E-state index >= 15 is 0 Å². The zero-order valence-electron chi connectivity index (χ0n) is 15.8. The highest BCUT2D eigenvalue weighted by Crippen LogP contribution is 2.47. The van der Waals surface area contributed by atoms with Gasteiger partial charge in [-0.3, -0.25) is 14.6 Å². The first-order chi connectivity index (χ1) is 13.2. The topological polar surface area (TPSA) is 51.2 Å². The maximum Gasteiger partial charge on any atom is 0.246 e. The van der Waals surface area contributed by atoms with E-state index in [2.05, 4.69) is 4.90 Å². The maximum atomic E-state index is 13.3. The summed E-state index contributed by atoms with van der Waals surface area (Å²) >= 11 is 0. The van der Waals surface area contributed by atoms with Crippen LogP contribution < -0.4 is 19.1 Å². The van der Waals surface area contributed by atoms with Crippen LogP contribution in [0.3, 0.4) is 0 Å². The van der Waals surface area contributed by atoms with E-state index in [1.54, 1.807) is 21.3 Å². The predicted octanol–water partition coefficient (Wildman–Crippen LogP) is 3.22. The number of para-hydroxylation sites is 1. The smallest absolute Gasteiger partial charge is 0.246 e. The zero-order valence-corrected chi connectivity index (χ0v) is 15.8. The van der Waals surface area contributed by atoms with Gasteiger partial charge in [0.15, 0.2) is 11.5 Å². The molecule has 0 bridgehead atoms. The Labute approximate surface area is 159 Å². The molecule has 2 saturated heterocycles. The summed E-state index contributed by atoms with van der Waals surface area (Å²) in [7, 11) is 4.90. The number of hydrogen-bond donors (Lipinski definition) is 0. The van der Waals surface area contributed by atoms with Crippen molar-refractivity contribution in [1.29, 1.82) is 0 Å². The van der Waals surface area contributed by atoms with Gasteiger partial charge in [0.1, 0.15) is 11.9 Å². The highest BCUT2D eigenvalue weighted by Gasteiger charge is 2.50. The second-order valence-electron chi connectivity index (χ2n) is 6.76. The minimum Gasteiger partial charge on any atom is -0.497 e. The first-order valence-electron chi connectivity index (χ1n) is 9.13. The summed E-state index contributed by atoms with van der Waals surface area (Å²) in [5.74, 6) is 2.23. The molecule has 0 spiro atoms. The number of carbonyl (C=O) groups excluding carboxylic acids is 1. The van der Waals surface area contributed by atoms with E-state index in [1.165, 1.54) is 0 Å².